The van der Waals surface area contributed by atoms with E-state index in [4.69, 9.17) is 14.5 Å². The third-order valence-electron chi connectivity index (χ3n) is 4.70. The maximum absolute atomic E-state index is 5.98. The molecule has 1 heterocycles. The summed E-state index contributed by atoms with van der Waals surface area (Å²) >= 11 is 0. The molecule has 0 unspecified atom stereocenters. The molecule has 5 nitrogen and oxygen atoms in total. The Labute approximate surface area is 181 Å². The number of rotatable bonds is 8. The van der Waals surface area contributed by atoms with Crippen LogP contribution in [-0.2, 0) is 4.74 Å². The van der Waals surface area contributed by atoms with Crippen LogP contribution in [0.1, 0.15) is 44.2 Å². The van der Waals surface area contributed by atoms with E-state index in [-0.39, 0.29) is 24.0 Å². The first-order valence-electron chi connectivity index (χ1n) is 9.99. The Bertz CT molecular complexity index is 552. The number of piperidine rings is 1. The Morgan fingerprint density at radius 2 is 1.85 bits per heavy atom. The van der Waals surface area contributed by atoms with Gasteiger partial charge >= 0.3 is 0 Å². The Morgan fingerprint density at radius 1 is 1.19 bits per heavy atom. The van der Waals surface area contributed by atoms with Gasteiger partial charge in [-0.15, -0.1) is 24.0 Å². The largest absolute Gasteiger partial charge is 0.493 e. The summed E-state index contributed by atoms with van der Waals surface area (Å²) in [4.78, 5) is 7.15. The maximum Gasteiger partial charge on any atom is 0.193 e. The highest BCUT2D eigenvalue weighted by molar-refractivity contribution is 14.0. The molecule has 1 N–H and O–H groups in total. The first-order valence-corrected chi connectivity index (χ1v) is 9.99. The molecule has 0 aliphatic carbocycles. The van der Waals surface area contributed by atoms with E-state index in [1.54, 1.807) is 0 Å². The fraction of sp³-hybridized carbons (Fsp3) is 0.667. The summed E-state index contributed by atoms with van der Waals surface area (Å²) in [6, 6.07) is 6.25. The molecule has 6 heteroatoms. The first kappa shape index (κ1) is 24.0. The Hall–Kier alpha value is -1.02. The fourth-order valence-corrected chi connectivity index (χ4v) is 3.35. The number of para-hydroxylation sites is 1. The number of hydrogen-bond donors (Lipinski definition) is 1. The first-order chi connectivity index (χ1) is 12.7. The van der Waals surface area contributed by atoms with E-state index in [1.807, 2.05) is 0 Å². The van der Waals surface area contributed by atoms with E-state index in [1.165, 1.54) is 11.1 Å². The van der Waals surface area contributed by atoms with Gasteiger partial charge in [0.25, 0.3) is 0 Å². The van der Waals surface area contributed by atoms with Crippen LogP contribution in [0.15, 0.2) is 23.2 Å². The van der Waals surface area contributed by atoms with Crippen molar-refractivity contribution in [2.45, 2.75) is 53.1 Å². The van der Waals surface area contributed by atoms with Gasteiger partial charge in [-0.1, -0.05) is 18.2 Å². The van der Waals surface area contributed by atoms with Gasteiger partial charge in [0, 0.05) is 39.2 Å². The molecule has 0 radical (unpaired) electrons. The van der Waals surface area contributed by atoms with Crippen molar-refractivity contribution in [1.29, 1.82) is 0 Å². The van der Waals surface area contributed by atoms with E-state index < -0.39 is 0 Å². The molecule has 1 saturated heterocycles. The number of halogens is 1. The van der Waals surface area contributed by atoms with Crippen LogP contribution in [0.3, 0.4) is 0 Å². The van der Waals surface area contributed by atoms with Gasteiger partial charge in [0.1, 0.15) is 5.75 Å². The molecule has 1 aliphatic heterocycles. The highest BCUT2D eigenvalue weighted by Gasteiger charge is 2.21. The summed E-state index contributed by atoms with van der Waals surface area (Å²) in [5, 5.41) is 3.42. The van der Waals surface area contributed by atoms with Crippen molar-refractivity contribution in [3.05, 3.63) is 29.3 Å². The molecule has 1 fully saturated rings. The lowest BCUT2D eigenvalue weighted by Gasteiger charge is -2.34. The summed E-state index contributed by atoms with van der Waals surface area (Å²) < 4.78 is 11.7. The minimum absolute atomic E-state index is 0. The van der Waals surface area contributed by atoms with Crippen molar-refractivity contribution in [2.24, 2.45) is 4.99 Å². The predicted molar refractivity (Wildman–Crippen MR) is 124 cm³/mol. The zero-order chi connectivity index (χ0) is 18.8. The topological polar surface area (TPSA) is 46.1 Å². The third kappa shape index (κ3) is 7.86. The van der Waals surface area contributed by atoms with E-state index in [2.05, 4.69) is 56.1 Å². The molecule has 1 aliphatic rings. The second kappa shape index (κ2) is 13.2. The zero-order valence-electron chi connectivity index (χ0n) is 17.3. The smallest absolute Gasteiger partial charge is 0.193 e. The van der Waals surface area contributed by atoms with Crippen LogP contribution in [0.5, 0.6) is 5.75 Å². The second-order valence-corrected chi connectivity index (χ2v) is 6.80. The summed E-state index contributed by atoms with van der Waals surface area (Å²) in [7, 11) is 0. The number of nitrogens with one attached hydrogen (secondary N) is 1. The van der Waals surface area contributed by atoms with Gasteiger partial charge in [0.15, 0.2) is 5.96 Å². The highest BCUT2D eigenvalue weighted by atomic mass is 127. The lowest BCUT2D eigenvalue weighted by molar-refractivity contribution is 0.0264. The molecule has 0 saturated carbocycles. The van der Waals surface area contributed by atoms with Crippen LogP contribution in [-0.4, -0.2) is 56.4 Å². The van der Waals surface area contributed by atoms with Crippen molar-refractivity contribution >= 4 is 29.9 Å². The van der Waals surface area contributed by atoms with E-state index in [0.717, 1.165) is 63.8 Å². The van der Waals surface area contributed by atoms with Gasteiger partial charge < -0.3 is 19.7 Å². The number of likely N-dealkylation sites (tertiary alicyclic amines) is 1. The molecule has 0 atom stereocenters. The zero-order valence-corrected chi connectivity index (χ0v) is 19.6. The monoisotopic (exact) mass is 489 g/mol. The number of nitrogens with zero attached hydrogens (tertiary/aromatic N) is 2. The summed E-state index contributed by atoms with van der Waals surface area (Å²) in [6.07, 6.45) is 3.48. The number of hydrogen-bond acceptors (Lipinski definition) is 3. The van der Waals surface area contributed by atoms with E-state index in [0.29, 0.717) is 12.7 Å². The quantitative estimate of drug-likeness (QED) is 0.258. The van der Waals surface area contributed by atoms with Crippen molar-refractivity contribution in [3.8, 4) is 5.75 Å². The highest BCUT2D eigenvalue weighted by Crippen LogP contribution is 2.22. The van der Waals surface area contributed by atoms with Gasteiger partial charge in [0.05, 0.1) is 12.7 Å². The number of aryl methyl sites for hydroxylation is 2. The van der Waals surface area contributed by atoms with Crippen molar-refractivity contribution in [2.75, 3.05) is 39.4 Å². The Balaban J connectivity index is 0.00000364. The standard InChI is InChI=1S/C21H35N3O2.HI/c1-5-22-21(24-14-11-19(12-15-24)25-6-2)23-13-8-16-26-20-17(3)9-7-10-18(20)4;/h7,9-10,19H,5-6,8,11-16H2,1-4H3,(H,22,23);1H. The van der Waals surface area contributed by atoms with Crippen LogP contribution in [0, 0.1) is 13.8 Å². The molecule has 2 rings (SSSR count). The average molecular weight is 489 g/mol. The number of aliphatic imine (C=N–C) groups is 1. The van der Waals surface area contributed by atoms with Crippen LogP contribution < -0.4 is 10.1 Å². The summed E-state index contributed by atoms with van der Waals surface area (Å²) in [5.41, 5.74) is 2.39. The molecule has 0 spiro atoms. The third-order valence-corrected chi connectivity index (χ3v) is 4.70. The molecule has 0 amide bonds. The number of guanidine groups is 1. The maximum atomic E-state index is 5.98. The lowest BCUT2D eigenvalue weighted by Crippen LogP contribution is -2.47. The Morgan fingerprint density at radius 3 is 2.44 bits per heavy atom. The molecule has 1 aromatic rings. The number of benzene rings is 1. The van der Waals surface area contributed by atoms with Crippen molar-refractivity contribution < 1.29 is 9.47 Å². The van der Waals surface area contributed by atoms with Gasteiger partial charge in [0.2, 0.25) is 0 Å². The van der Waals surface area contributed by atoms with Crippen LogP contribution in [0.25, 0.3) is 0 Å². The average Bonchev–Trinajstić information content (AvgIpc) is 2.64. The lowest BCUT2D eigenvalue weighted by atomic mass is 10.1. The van der Waals surface area contributed by atoms with Crippen LogP contribution >= 0.6 is 24.0 Å². The predicted octanol–water partition coefficient (Wildman–Crippen LogP) is 4.16. The molecular weight excluding hydrogens is 453 g/mol. The molecule has 0 aromatic heterocycles. The van der Waals surface area contributed by atoms with E-state index >= 15 is 0 Å². The van der Waals surface area contributed by atoms with E-state index in [9.17, 15) is 0 Å². The molecule has 154 valence electrons. The van der Waals surface area contributed by atoms with Gasteiger partial charge in [-0.3, -0.25) is 4.99 Å². The minimum atomic E-state index is 0. The van der Waals surface area contributed by atoms with Gasteiger partial charge in [-0.2, -0.15) is 0 Å². The fourth-order valence-electron chi connectivity index (χ4n) is 3.35. The number of ether oxygens (including phenoxy) is 2. The normalized spacial score (nSPS) is 15.4. The summed E-state index contributed by atoms with van der Waals surface area (Å²) in [6.45, 7) is 13.6. The van der Waals surface area contributed by atoms with Gasteiger partial charge in [-0.25, -0.2) is 0 Å². The molecule has 1 aromatic carbocycles. The molecule has 27 heavy (non-hydrogen) atoms. The van der Waals surface area contributed by atoms with Crippen molar-refractivity contribution in [3.63, 3.8) is 0 Å². The van der Waals surface area contributed by atoms with Crippen LogP contribution in [0.2, 0.25) is 0 Å². The minimum Gasteiger partial charge on any atom is -0.493 e. The molecular formula is C21H36IN3O2. The molecule has 0 bridgehead atoms. The Kier molecular flexibility index (Phi) is 11.7. The van der Waals surface area contributed by atoms with Crippen LogP contribution in [0.4, 0.5) is 0 Å². The summed E-state index contributed by atoms with van der Waals surface area (Å²) in [5.74, 6) is 2.04. The van der Waals surface area contributed by atoms with Crippen molar-refractivity contribution in [1.82, 2.24) is 10.2 Å². The van der Waals surface area contributed by atoms with Gasteiger partial charge in [-0.05, 0) is 51.7 Å². The SMILES string of the molecule is CCNC(=NCCCOc1c(C)cccc1C)N1CCC(OCC)CC1.I. The second-order valence-electron chi connectivity index (χ2n) is 6.80.